The predicted molar refractivity (Wildman–Crippen MR) is 112 cm³/mol. The van der Waals surface area contributed by atoms with Crippen LogP contribution < -0.4 is 10.9 Å². The van der Waals surface area contributed by atoms with E-state index in [2.05, 4.69) is 14.8 Å². The molecule has 1 aromatic carbocycles. The number of hydrogen-bond donors (Lipinski definition) is 4. The summed E-state index contributed by atoms with van der Waals surface area (Å²) in [5, 5.41) is 19.8. The van der Waals surface area contributed by atoms with Gasteiger partial charge in [-0.25, -0.2) is 0 Å². The summed E-state index contributed by atoms with van der Waals surface area (Å²) in [6, 6.07) is 8.32. The van der Waals surface area contributed by atoms with E-state index >= 15 is 0 Å². The van der Waals surface area contributed by atoms with Gasteiger partial charge in [-0.2, -0.15) is 9.78 Å². The normalized spacial score (nSPS) is 19.3. The van der Waals surface area contributed by atoms with Crippen LogP contribution in [0.2, 0.25) is 0 Å². The SMILES string of the molecule is O=c1c(C2=NS(O)(O)c3ccccc3N2)c(O)c2sccc2n1N=CC1CC1. The van der Waals surface area contributed by atoms with Crippen LogP contribution in [0.15, 0.2) is 54.9 Å². The molecule has 1 saturated carbocycles. The molecule has 1 aliphatic carbocycles. The first-order valence-electron chi connectivity index (χ1n) is 8.60. The van der Waals surface area contributed by atoms with Crippen LogP contribution in [-0.4, -0.2) is 30.9 Å². The average Bonchev–Trinajstić information content (AvgIpc) is 3.35. The number of benzene rings is 1. The lowest BCUT2D eigenvalue weighted by atomic mass is 10.2. The fourth-order valence-electron chi connectivity index (χ4n) is 3.05. The molecular weight excluding hydrogens is 400 g/mol. The number of pyridine rings is 1. The molecule has 0 atom stereocenters. The highest BCUT2D eigenvalue weighted by Gasteiger charge is 2.30. The highest BCUT2D eigenvalue weighted by Crippen LogP contribution is 2.55. The second-order valence-electron chi connectivity index (χ2n) is 6.66. The first-order chi connectivity index (χ1) is 13.5. The van der Waals surface area contributed by atoms with Crippen LogP contribution in [0, 0.1) is 5.92 Å². The first-order valence-corrected chi connectivity index (χ1v) is 11.0. The number of rotatable bonds is 3. The number of hydrogen-bond acceptors (Lipinski definition) is 8. The molecule has 5 rings (SSSR count). The van der Waals surface area contributed by atoms with Gasteiger partial charge in [-0.15, -0.1) is 15.7 Å². The van der Waals surface area contributed by atoms with Crippen LogP contribution in [0.25, 0.3) is 10.2 Å². The van der Waals surface area contributed by atoms with Crippen molar-refractivity contribution in [3.63, 3.8) is 0 Å². The zero-order chi connectivity index (χ0) is 19.5. The summed E-state index contributed by atoms with van der Waals surface area (Å²) in [5.41, 5.74) is 0.195. The number of nitrogens with zero attached hydrogens (tertiary/aromatic N) is 3. The second kappa shape index (κ2) is 6.17. The molecule has 3 heterocycles. The van der Waals surface area contributed by atoms with Crippen LogP contribution in [0.1, 0.15) is 18.4 Å². The van der Waals surface area contributed by atoms with Crippen molar-refractivity contribution in [2.24, 2.45) is 15.4 Å². The molecule has 3 aromatic rings. The number of para-hydroxylation sites is 1. The molecule has 28 heavy (non-hydrogen) atoms. The minimum absolute atomic E-state index is 0.0909. The molecule has 0 spiro atoms. The Kier molecular flexibility index (Phi) is 3.85. The van der Waals surface area contributed by atoms with E-state index in [-0.39, 0.29) is 22.0 Å². The summed E-state index contributed by atoms with van der Waals surface area (Å²) in [7, 11) is -3.51. The number of nitrogens with one attached hydrogen (secondary N) is 1. The van der Waals surface area contributed by atoms with E-state index in [0.717, 1.165) is 12.8 Å². The summed E-state index contributed by atoms with van der Waals surface area (Å²) >= 11 is 1.27. The Balaban J connectivity index is 1.73. The van der Waals surface area contributed by atoms with Crippen molar-refractivity contribution >= 4 is 50.1 Å². The lowest BCUT2D eigenvalue weighted by Crippen LogP contribution is -2.30. The maximum atomic E-state index is 13.2. The Bertz CT molecular complexity index is 1220. The zero-order valence-corrected chi connectivity index (χ0v) is 16.1. The van der Waals surface area contributed by atoms with Gasteiger partial charge in [0.25, 0.3) is 5.56 Å². The monoisotopic (exact) mass is 416 g/mol. The van der Waals surface area contributed by atoms with Gasteiger partial charge in [0.05, 0.1) is 15.9 Å². The molecule has 4 N–H and O–H groups in total. The lowest BCUT2D eigenvalue weighted by Gasteiger charge is -2.34. The third-order valence-corrected chi connectivity index (χ3v) is 6.93. The fraction of sp³-hybridized carbons (Fsp3) is 0.167. The summed E-state index contributed by atoms with van der Waals surface area (Å²) in [4.78, 5) is 13.4. The molecule has 0 amide bonds. The van der Waals surface area contributed by atoms with Crippen molar-refractivity contribution in [3.05, 3.63) is 51.6 Å². The van der Waals surface area contributed by atoms with Crippen molar-refractivity contribution in [3.8, 4) is 5.75 Å². The van der Waals surface area contributed by atoms with Gasteiger partial charge in [-0.05, 0) is 42.3 Å². The van der Waals surface area contributed by atoms with Gasteiger partial charge in [0.2, 0.25) is 0 Å². The Labute approximate surface area is 165 Å². The molecule has 0 bridgehead atoms. The number of aromatic nitrogens is 1. The molecule has 0 radical (unpaired) electrons. The van der Waals surface area contributed by atoms with E-state index in [1.165, 1.54) is 16.0 Å². The van der Waals surface area contributed by atoms with Crippen molar-refractivity contribution in [1.29, 1.82) is 0 Å². The topological polar surface area (TPSA) is 119 Å². The van der Waals surface area contributed by atoms with Gasteiger partial charge in [0.15, 0.2) is 11.6 Å². The highest BCUT2D eigenvalue weighted by molar-refractivity contribution is 8.23. The molecule has 10 heteroatoms. The maximum Gasteiger partial charge on any atom is 0.286 e. The van der Waals surface area contributed by atoms with E-state index in [9.17, 15) is 19.0 Å². The average molecular weight is 416 g/mol. The van der Waals surface area contributed by atoms with Crippen LogP contribution in [0.4, 0.5) is 5.69 Å². The van der Waals surface area contributed by atoms with Crippen LogP contribution in [0.5, 0.6) is 5.75 Å². The van der Waals surface area contributed by atoms with Crippen molar-refractivity contribution < 1.29 is 14.2 Å². The van der Waals surface area contributed by atoms with E-state index in [1.807, 2.05) is 0 Å². The Morgan fingerprint density at radius 3 is 2.86 bits per heavy atom. The number of aromatic hydroxyl groups is 1. The van der Waals surface area contributed by atoms with Gasteiger partial charge < -0.3 is 10.4 Å². The summed E-state index contributed by atoms with van der Waals surface area (Å²) < 4.78 is 26.6. The number of amidine groups is 1. The Morgan fingerprint density at radius 1 is 1.29 bits per heavy atom. The third kappa shape index (κ3) is 2.73. The summed E-state index contributed by atoms with van der Waals surface area (Å²) in [6.45, 7) is 0. The number of fused-ring (bicyclic) bond motifs is 2. The van der Waals surface area contributed by atoms with E-state index in [0.29, 0.717) is 21.8 Å². The second-order valence-corrected chi connectivity index (χ2v) is 9.23. The van der Waals surface area contributed by atoms with Gasteiger partial charge in [-0.1, -0.05) is 22.9 Å². The van der Waals surface area contributed by atoms with Crippen LogP contribution in [0.3, 0.4) is 0 Å². The minimum atomic E-state index is -3.51. The van der Waals surface area contributed by atoms with E-state index < -0.39 is 16.3 Å². The summed E-state index contributed by atoms with van der Waals surface area (Å²) in [6.07, 6.45) is 3.82. The quantitative estimate of drug-likeness (QED) is 0.483. The lowest BCUT2D eigenvalue weighted by molar-refractivity contribution is 0.479. The molecule has 0 saturated heterocycles. The number of thiophene rings is 1. The van der Waals surface area contributed by atoms with Crippen molar-refractivity contribution in [2.45, 2.75) is 17.7 Å². The molecule has 1 fully saturated rings. The Hall–Kier alpha value is -2.66. The van der Waals surface area contributed by atoms with Crippen LogP contribution >= 0.6 is 22.1 Å². The summed E-state index contributed by atoms with van der Waals surface area (Å²) in [5.74, 6) is 0.0161. The molecule has 2 aromatic heterocycles. The molecule has 0 unspecified atom stereocenters. The van der Waals surface area contributed by atoms with Crippen molar-refractivity contribution in [2.75, 3.05) is 5.32 Å². The largest absolute Gasteiger partial charge is 0.505 e. The first kappa shape index (κ1) is 17.4. The molecule has 144 valence electrons. The van der Waals surface area contributed by atoms with Gasteiger partial charge in [0, 0.05) is 6.21 Å². The Morgan fingerprint density at radius 2 is 2.07 bits per heavy atom. The van der Waals surface area contributed by atoms with Crippen LogP contribution in [-0.2, 0) is 0 Å². The fourth-order valence-corrected chi connectivity index (χ4v) is 5.04. The smallest absolute Gasteiger partial charge is 0.286 e. The predicted octanol–water partition coefficient (Wildman–Crippen LogP) is 3.91. The van der Waals surface area contributed by atoms with Gasteiger partial charge in [-0.3, -0.25) is 13.9 Å². The maximum absolute atomic E-state index is 13.2. The molecule has 1 aliphatic heterocycles. The van der Waals surface area contributed by atoms with Gasteiger partial charge in [0.1, 0.15) is 10.5 Å². The minimum Gasteiger partial charge on any atom is -0.505 e. The van der Waals surface area contributed by atoms with Crippen molar-refractivity contribution in [1.82, 2.24) is 4.68 Å². The molecular formula is C18H16N4O4S2. The highest BCUT2D eigenvalue weighted by atomic mass is 32.3. The zero-order valence-electron chi connectivity index (χ0n) is 14.4. The number of anilines is 1. The van der Waals surface area contributed by atoms with E-state index in [1.54, 1.807) is 41.9 Å². The van der Waals surface area contributed by atoms with Gasteiger partial charge >= 0.3 is 0 Å². The third-order valence-electron chi connectivity index (χ3n) is 4.64. The molecule has 8 nitrogen and oxygen atoms in total. The van der Waals surface area contributed by atoms with E-state index in [4.69, 9.17) is 0 Å². The standard InChI is InChI=1S/C18H16N4O4S2/c23-15-14(17-20-11-3-1-2-4-13(11)28(25,26)21-17)18(24)22(19-9-10-5-6-10)12-7-8-27-16(12)15/h1-4,7-10,23,25-26H,5-6H2,(H,20,21). The molecule has 2 aliphatic rings.